The molecule has 0 aromatic heterocycles. The quantitative estimate of drug-likeness (QED) is 0.597. The molecule has 1 saturated heterocycles. The van der Waals surface area contributed by atoms with E-state index in [4.69, 9.17) is 0 Å². The van der Waals surface area contributed by atoms with Gasteiger partial charge in [0, 0.05) is 25.6 Å². The zero-order chi connectivity index (χ0) is 24.0. The standard InChI is InChI=1S/C24H31F2N3O3S/c1-3-28(4-2)22(18-8-6-5-7-9-18)17-27-24(30)19-12-14-29(15-13-19)33(31,32)23-16-20(25)10-11-21(23)26/h5-11,16,19,22H,3-4,12-15,17H2,1-2H3,(H,27,30)/t22-/m0/s1. The molecule has 9 heteroatoms. The molecule has 1 fully saturated rings. The highest BCUT2D eigenvalue weighted by Crippen LogP contribution is 2.26. The number of carbonyl (C=O) groups is 1. The Morgan fingerprint density at radius 2 is 1.73 bits per heavy atom. The van der Waals surface area contributed by atoms with Gasteiger partial charge in [0.05, 0.1) is 6.04 Å². The molecule has 180 valence electrons. The average Bonchev–Trinajstić information content (AvgIpc) is 2.83. The van der Waals surface area contributed by atoms with Crippen LogP contribution >= 0.6 is 0 Å². The van der Waals surface area contributed by atoms with Gasteiger partial charge in [-0.3, -0.25) is 9.69 Å². The maximum Gasteiger partial charge on any atom is 0.246 e. The first-order chi connectivity index (χ1) is 15.8. The summed E-state index contributed by atoms with van der Waals surface area (Å²) in [4.78, 5) is 14.5. The second-order valence-corrected chi connectivity index (χ2v) is 10.1. The Hall–Kier alpha value is -2.36. The van der Waals surface area contributed by atoms with E-state index in [0.717, 1.165) is 35.1 Å². The van der Waals surface area contributed by atoms with Gasteiger partial charge in [-0.05, 0) is 49.7 Å². The van der Waals surface area contributed by atoms with E-state index in [9.17, 15) is 22.0 Å². The number of piperidine rings is 1. The van der Waals surface area contributed by atoms with Crippen molar-refractivity contribution in [1.82, 2.24) is 14.5 Å². The van der Waals surface area contributed by atoms with Crippen LogP contribution < -0.4 is 5.32 Å². The fourth-order valence-electron chi connectivity index (χ4n) is 4.31. The minimum Gasteiger partial charge on any atom is -0.354 e. The summed E-state index contributed by atoms with van der Waals surface area (Å²) in [7, 11) is -4.16. The molecule has 1 heterocycles. The van der Waals surface area contributed by atoms with Crippen LogP contribution in [0.4, 0.5) is 8.78 Å². The van der Waals surface area contributed by atoms with E-state index < -0.39 is 26.6 Å². The minimum absolute atomic E-state index is 0.0431. The van der Waals surface area contributed by atoms with Crippen molar-refractivity contribution >= 4 is 15.9 Å². The summed E-state index contributed by atoms with van der Waals surface area (Å²) >= 11 is 0. The fourth-order valence-corrected chi connectivity index (χ4v) is 5.86. The summed E-state index contributed by atoms with van der Waals surface area (Å²) in [6.07, 6.45) is 0.645. The molecule has 0 bridgehead atoms. The van der Waals surface area contributed by atoms with Crippen LogP contribution in [0.25, 0.3) is 0 Å². The number of nitrogens with one attached hydrogen (secondary N) is 1. The third kappa shape index (κ3) is 5.96. The number of rotatable bonds is 9. The number of halogens is 2. The van der Waals surface area contributed by atoms with Crippen LogP contribution in [0.5, 0.6) is 0 Å². The topological polar surface area (TPSA) is 69.7 Å². The molecule has 1 atom stereocenters. The van der Waals surface area contributed by atoms with Crippen LogP contribution in [0.1, 0.15) is 38.3 Å². The van der Waals surface area contributed by atoms with Crippen molar-refractivity contribution in [3.05, 3.63) is 65.7 Å². The maximum atomic E-state index is 14.0. The highest BCUT2D eigenvalue weighted by Gasteiger charge is 2.34. The highest BCUT2D eigenvalue weighted by atomic mass is 32.2. The van der Waals surface area contributed by atoms with Crippen molar-refractivity contribution in [1.29, 1.82) is 0 Å². The SMILES string of the molecule is CCN(CC)[C@@H](CNC(=O)C1CCN(S(=O)(=O)c2cc(F)ccc2F)CC1)c1ccccc1. The summed E-state index contributed by atoms with van der Waals surface area (Å²) in [6, 6.07) is 12.4. The molecule has 0 saturated carbocycles. The van der Waals surface area contributed by atoms with E-state index in [1.807, 2.05) is 30.3 Å². The van der Waals surface area contributed by atoms with Gasteiger partial charge in [-0.1, -0.05) is 44.2 Å². The Morgan fingerprint density at radius 1 is 1.09 bits per heavy atom. The summed E-state index contributed by atoms with van der Waals surface area (Å²) in [5.41, 5.74) is 1.12. The normalized spacial score (nSPS) is 16.6. The monoisotopic (exact) mass is 479 g/mol. The molecule has 1 N–H and O–H groups in total. The van der Waals surface area contributed by atoms with Crippen LogP contribution in [-0.2, 0) is 14.8 Å². The fraction of sp³-hybridized carbons (Fsp3) is 0.458. The Morgan fingerprint density at radius 3 is 2.33 bits per heavy atom. The lowest BCUT2D eigenvalue weighted by Gasteiger charge is -2.33. The lowest BCUT2D eigenvalue weighted by atomic mass is 9.97. The van der Waals surface area contributed by atoms with Gasteiger partial charge in [0.1, 0.15) is 16.5 Å². The molecule has 3 rings (SSSR count). The van der Waals surface area contributed by atoms with E-state index in [-0.39, 0.29) is 31.0 Å². The van der Waals surface area contributed by atoms with Crippen molar-refractivity contribution in [3.63, 3.8) is 0 Å². The van der Waals surface area contributed by atoms with Crippen LogP contribution in [0.3, 0.4) is 0 Å². The molecule has 0 unspecified atom stereocenters. The zero-order valence-corrected chi connectivity index (χ0v) is 19.8. The number of sulfonamides is 1. The van der Waals surface area contributed by atoms with Gasteiger partial charge in [-0.15, -0.1) is 0 Å². The van der Waals surface area contributed by atoms with Crippen molar-refractivity contribution in [3.8, 4) is 0 Å². The second kappa shape index (κ2) is 11.2. The molecule has 1 aliphatic rings. The third-order valence-electron chi connectivity index (χ3n) is 6.24. The molecule has 0 spiro atoms. The van der Waals surface area contributed by atoms with Gasteiger partial charge in [-0.2, -0.15) is 4.31 Å². The van der Waals surface area contributed by atoms with Crippen LogP contribution in [0.15, 0.2) is 53.4 Å². The Labute approximate surface area is 194 Å². The largest absolute Gasteiger partial charge is 0.354 e. The van der Waals surface area contributed by atoms with Crippen molar-refractivity contribution < 1.29 is 22.0 Å². The first kappa shape index (κ1) is 25.3. The van der Waals surface area contributed by atoms with Crippen molar-refractivity contribution in [2.45, 2.75) is 37.6 Å². The smallest absolute Gasteiger partial charge is 0.246 e. The molecule has 6 nitrogen and oxygen atoms in total. The van der Waals surface area contributed by atoms with E-state index in [0.29, 0.717) is 25.5 Å². The maximum absolute atomic E-state index is 14.0. The van der Waals surface area contributed by atoms with E-state index in [2.05, 4.69) is 24.1 Å². The number of nitrogens with zero attached hydrogens (tertiary/aromatic N) is 2. The van der Waals surface area contributed by atoms with Gasteiger partial charge in [0.25, 0.3) is 0 Å². The molecule has 1 aliphatic heterocycles. The predicted octanol–water partition coefficient (Wildman–Crippen LogP) is 3.56. The first-order valence-corrected chi connectivity index (χ1v) is 12.7. The number of benzene rings is 2. The van der Waals surface area contributed by atoms with Gasteiger partial charge in [0.15, 0.2) is 0 Å². The summed E-state index contributed by atoms with van der Waals surface area (Å²) in [5.74, 6) is -2.25. The van der Waals surface area contributed by atoms with Crippen molar-refractivity contribution in [2.75, 3.05) is 32.7 Å². The number of likely N-dealkylation sites (N-methyl/N-ethyl adjacent to an activating group) is 1. The predicted molar refractivity (Wildman–Crippen MR) is 123 cm³/mol. The van der Waals surface area contributed by atoms with Crippen LogP contribution in [-0.4, -0.2) is 56.3 Å². The molecule has 0 aliphatic carbocycles. The Balaban J connectivity index is 1.61. The van der Waals surface area contributed by atoms with Gasteiger partial charge in [0.2, 0.25) is 15.9 Å². The van der Waals surface area contributed by atoms with Crippen LogP contribution in [0.2, 0.25) is 0 Å². The number of hydrogen-bond acceptors (Lipinski definition) is 4. The summed E-state index contributed by atoms with van der Waals surface area (Å²) in [5, 5.41) is 3.04. The van der Waals surface area contributed by atoms with Crippen LogP contribution in [0, 0.1) is 17.6 Å². The third-order valence-corrected chi connectivity index (χ3v) is 8.16. The summed E-state index contributed by atoms with van der Waals surface area (Å²) in [6.45, 7) is 6.47. The lowest BCUT2D eigenvalue weighted by Crippen LogP contribution is -2.45. The van der Waals surface area contributed by atoms with Gasteiger partial charge < -0.3 is 5.32 Å². The van der Waals surface area contributed by atoms with E-state index in [1.165, 1.54) is 0 Å². The number of amides is 1. The highest BCUT2D eigenvalue weighted by molar-refractivity contribution is 7.89. The first-order valence-electron chi connectivity index (χ1n) is 11.3. The summed E-state index contributed by atoms with van der Waals surface area (Å²) < 4.78 is 54.2. The lowest BCUT2D eigenvalue weighted by molar-refractivity contribution is -0.126. The zero-order valence-electron chi connectivity index (χ0n) is 19.0. The van der Waals surface area contributed by atoms with Gasteiger partial charge >= 0.3 is 0 Å². The molecule has 2 aromatic rings. The number of carbonyl (C=O) groups excluding carboxylic acids is 1. The van der Waals surface area contributed by atoms with E-state index >= 15 is 0 Å². The molecule has 2 aromatic carbocycles. The number of hydrogen-bond donors (Lipinski definition) is 1. The Kier molecular flexibility index (Phi) is 8.56. The minimum atomic E-state index is -4.16. The van der Waals surface area contributed by atoms with Crippen molar-refractivity contribution in [2.24, 2.45) is 5.92 Å². The molecular formula is C24H31F2N3O3S. The van der Waals surface area contributed by atoms with Gasteiger partial charge in [-0.25, -0.2) is 17.2 Å². The average molecular weight is 480 g/mol. The van der Waals surface area contributed by atoms with E-state index in [1.54, 1.807) is 0 Å². The molecule has 33 heavy (non-hydrogen) atoms. The molecule has 0 radical (unpaired) electrons. The molecular weight excluding hydrogens is 448 g/mol. The molecule has 1 amide bonds. The Bertz CT molecular complexity index is 1040. The second-order valence-electron chi connectivity index (χ2n) is 8.15.